The normalized spacial score (nSPS) is 28.2. The Morgan fingerprint density at radius 2 is 1.92 bits per heavy atom. The second-order valence-electron chi connectivity index (χ2n) is 7.07. The van der Waals surface area contributed by atoms with Gasteiger partial charge in [-0.25, -0.2) is 0 Å². The Bertz CT molecular complexity index is 500. The Morgan fingerprint density at radius 1 is 1.16 bits per heavy atom. The predicted molar refractivity (Wildman–Crippen MR) is 97.2 cm³/mol. The van der Waals surface area contributed by atoms with Gasteiger partial charge in [0.1, 0.15) is 0 Å². The number of hydrogen-bond donors (Lipinski definition) is 2. The average Bonchev–Trinajstić information content (AvgIpc) is 3.16. The molecule has 0 aromatic carbocycles. The zero-order valence-electron chi connectivity index (χ0n) is 15.2. The molecule has 2 bridgehead atoms. The van der Waals surface area contributed by atoms with Gasteiger partial charge in [0.05, 0.1) is 12.2 Å². The zero-order valence-corrected chi connectivity index (χ0v) is 15.2. The predicted octanol–water partition coefficient (Wildman–Crippen LogP) is 3.45. The summed E-state index contributed by atoms with van der Waals surface area (Å²) in [6, 6.07) is 0. The van der Waals surface area contributed by atoms with Gasteiger partial charge in [0.2, 0.25) is 0 Å². The molecule has 2 N–H and O–H groups in total. The number of carboxylic acid groups (broad SMARTS) is 1. The van der Waals surface area contributed by atoms with Crippen LogP contribution in [0.15, 0.2) is 24.4 Å². The number of ether oxygens (including phenoxy) is 1. The van der Waals surface area contributed by atoms with Crippen molar-refractivity contribution >= 4 is 11.8 Å². The Kier molecular flexibility index (Phi) is 8.19. The van der Waals surface area contributed by atoms with Gasteiger partial charge in [-0.15, -0.1) is 0 Å². The highest BCUT2D eigenvalue weighted by Gasteiger charge is 2.47. The minimum atomic E-state index is -0.730. The SMILES string of the molecule is CCCC(=O)C=CNC[C@@H]1[C@H](C/C=C\CCCC(=O)O)[C@@H]2CC[C@H]1O2. The van der Waals surface area contributed by atoms with E-state index >= 15 is 0 Å². The Hall–Kier alpha value is -1.62. The lowest BCUT2D eigenvalue weighted by atomic mass is 9.77. The number of allylic oxidation sites excluding steroid dienone is 3. The molecule has 4 atom stereocenters. The lowest BCUT2D eigenvalue weighted by Crippen LogP contribution is -2.33. The molecule has 0 amide bonds. The molecule has 0 radical (unpaired) electrons. The molecule has 0 saturated carbocycles. The summed E-state index contributed by atoms with van der Waals surface area (Å²) in [6.45, 7) is 2.85. The van der Waals surface area contributed by atoms with E-state index in [4.69, 9.17) is 9.84 Å². The van der Waals surface area contributed by atoms with Gasteiger partial charge < -0.3 is 15.2 Å². The van der Waals surface area contributed by atoms with Crippen LogP contribution in [0.25, 0.3) is 0 Å². The van der Waals surface area contributed by atoms with Crippen LogP contribution in [-0.2, 0) is 14.3 Å². The molecule has 140 valence electrons. The van der Waals surface area contributed by atoms with Crippen molar-refractivity contribution in [3.05, 3.63) is 24.4 Å². The van der Waals surface area contributed by atoms with Gasteiger partial charge in [0, 0.05) is 25.3 Å². The molecule has 5 heteroatoms. The molecule has 2 aliphatic rings. The molecule has 0 unspecified atom stereocenters. The number of nitrogens with one attached hydrogen (secondary N) is 1. The summed E-state index contributed by atoms with van der Waals surface area (Å²) in [5, 5.41) is 11.9. The maximum absolute atomic E-state index is 11.5. The van der Waals surface area contributed by atoms with E-state index in [-0.39, 0.29) is 12.2 Å². The average molecular weight is 349 g/mol. The fourth-order valence-corrected chi connectivity index (χ4v) is 3.91. The molecule has 2 rings (SSSR count). The van der Waals surface area contributed by atoms with Crippen LogP contribution in [0.4, 0.5) is 0 Å². The van der Waals surface area contributed by atoms with Crippen molar-refractivity contribution in [1.29, 1.82) is 0 Å². The fraction of sp³-hybridized carbons (Fsp3) is 0.700. The fourth-order valence-electron chi connectivity index (χ4n) is 3.91. The summed E-state index contributed by atoms with van der Waals surface area (Å²) in [4.78, 5) is 22.0. The highest BCUT2D eigenvalue weighted by molar-refractivity contribution is 5.89. The smallest absolute Gasteiger partial charge is 0.303 e. The second-order valence-corrected chi connectivity index (χ2v) is 7.07. The first-order chi connectivity index (χ1) is 12.1. The van der Waals surface area contributed by atoms with Crippen molar-refractivity contribution in [2.75, 3.05) is 6.54 Å². The van der Waals surface area contributed by atoms with Crippen LogP contribution in [0.5, 0.6) is 0 Å². The molecule has 2 saturated heterocycles. The molecule has 25 heavy (non-hydrogen) atoms. The first-order valence-corrected chi connectivity index (χ1v) is 9.56. The van der Waals surface area contributed by atoms with E-state index in [0.29, 0.717) is 36.9 Å². The van der Waals surface area contributed by atoms with E-state index in [1.165, 1.54) is 0 Å². The van der Waals surface area contributed by atoms with E-state index in [0.717, 1.165) is 38.6 Å². The third-order valence-corrected chi connectivity index (χ3v) is 5.16. The van der Waals surface area contributed by atoms with Crippen LogP contribution < -0.4 is 5.32 Å². The Morgan fingerprint density at radius 3 is 2.64 bits per heavy atom. The Balaban J connectivity index is 1.73. The summed E-state index contributed by atoms with van der Waals surface area (Å²) in [5.41, 5.74) is 0. The van der Waals surface area contributed by atoms with Crippen LogP contribution in [-0.4, -0.2) is 35.6 Å². The summed E-state index contributed by atoms with van der Waals surface area (Å²) in [5.74, 6) is 0.432. The maximum Gasteiger partial charge on any atom is 0.303 e. The number of hydrogen-bond acceptors (Lipinski definition) is 4. The van der Waals surface area contributed by atoms with Gasteiger partial charge in [-0.2, -0.15) is 0 Å². The maximum atomic E-state index is 11.5. The number of rotatable bonds is 12. The van der Waals surface area contributed by atoms with Crippen LogP contribution in [0, 0.1) is 11.8 Å². The lowest BCUT2D eigenvalue weighted by molar-refractivity contribution is -0.137. The first-order valence-electron chi connectivity index (χ1n) is 9.56. The molecule has 0 spiro atoms. The summed E-state index contributed by atoms with van der Waals surface area (Å²) < 4.78 is 6.08. The Labute approximate surface area is 150 Å². The van der Waals surface area contributed by atoms with Gasteiger partial charge in [0.15, 0.2) is 5.78 Å². The molecule has 5 nitrogen and oxygen atoms in total. The third-order valence-electron chi connectivity index (χ3n) is 5.16. The molecular formula is C20H31NO4. The first kappa shape index (κ1) is 19.7. The van der Waals surface area contributed by atoms with Gasteiger partial charge in [0.25, 0.3) is 0 Å². The highest BCUT2D eigenvalue weighted by Crippen LogP contribution is 2.44. The van der Waals surface area contributed by atoms with Crippen LogP contribution in [0.3, 0.4) is 0 Å². The summed E-state index contributed by atoms with van der Waals surface area (Å²) in [6.07, 6.45) is 14.9. The number of carbonyl (C=O) groups excluding carboxylic acids is 1. The molecule has 2 aliphatic heterocycles. The zero-order chi connectivity index (χ0) is 18.1. The number of carbonyl (C=O) groups is 2. The number of ketones is 1. The van der Waals surface area contributed by atoms with Crippen molar-refractivity contribution in [2.24, 2.45) is 11.8 Å². The largest absolute Gasteiger partial charge is 0.481 e. The van der Waals surface area contributed by atoms with E-state index in [1.54, 1.807) is 12.3 Å². The van der Waals surface area contributed by atoms with Crippen LogP contribution in [0.2, 0.25) is 0 Å². The summed E-state index contributed by atoms with van der Waals surface area (Å²) in [7, 11) is 0. The van der Waals surface area contributed by atoms with Gasteiger partial charge >= 0.3 is 5.97 Å². The minimum Gasteiger partial charge on any atom is -0.481 e. The third kappa shape index (κ3) is 6.31. The molecule has 2 heterocycles. The number of carboxylic acids is 1. The highest BCUT2D eigenvalue weighted by atomic mass is 16.5. The van der Waals surface area contributed by atoms with Crippen LogP contribution in [0.1, 0.15) is 58.3 Å². The van der Waals surface area contributed by atoms with Crippen LogP contribution >= 0.6 is 0 Å². The van der Waals surface area contributed by atoms with Crippen molar-refractivity contribution in [2.45, 2.75) is 70.5 Å². The molecular weight excluding hydrogens is 318 g/mol. The van der Waals surface area contributed by atoms with E-state index in [9.17, 15) is 9.59 Å². The number of unbranched alkanes of at least 4 members (excludes halogenated alkanes) is 1. The van der Waals surface area contributed by atoms with E-state index in [2.05, 4.69) is 17.5 Å². The van der Waals surface area contributed by atoms with Crippen molar-refractivity contribution in [3.8, 4) is 0 Å². The quantitative estimate of drug-likeness (QED) is 0.321. The van der Waals surface area contributed by atoms with Gasteiger partial charge in [-0.05, 0) is 56.7 Å². The second kappa shape index (κ2) is 10.4. The number of aliphatic carboxylic acids is 1. The van der Waals surface area contributed by atoms with E-state index < -0.39 is 5.97 Å². The minimum absolute atomic E-state index is 0.167. The van der Waals surface area contributed by atoms with Gasteiger partial charge in [-0.3, -0.25) is 9.59 Å². The molecule has 2 fully saturated rings. The van der Waals surface area contributed by atoms with Crippen molar-refractivity contribution in [3.63, 3.8) is 0 Å². The van der Waals surface area contributed by atoms with E-state index in [1.807, 2.05) is 6.92 Å². The molecule has 0 aromatic rings. The van der Waals surface area contributed by atoms with Gasteiger partial charge in [-0.1, -0.05) is 19.1 Å². The standard InChI is InChI=1S/C20H31NO4/c1-2-7-15(22)12-13-21-14-17-16(18-10-11-19(17)25-18)8-5-3-4-6-9-20(23)24/h3,5,12-13,16-19,21H,2,4,6-11,14H2,1H3,(H,23,24)/b5-3-,13-12?/t16-,17+,18-,19+/m0/s1. The van der Waals surface area contributed by atoms with Crippen molar-refractivity contribution < 1.29 is 19.4 Å². The monoisotopic (exact) mass is 349 g/mol. The topological polar surface area (TPSA) is 75.6 Å². The lowest BCUT2D eigenvalue weighted by Gasteiger charge is -2.27. The summed E-state index contributed by atoms with van der Waals surface area (Å²) >= 11 is 0. The van der Waals surface area contributed by atoms with Crippen molar-refractivity contribution in [1.82, 2.24) is 5.32 Å². The molecule has 0 aromatic heterocycles. The number of fused-ring (bicyclic) bond motifs is 2. The molecule has 0 aliphatic carbocycles.